The van der Waals surface area contributed by atoms with Crippen LogP contribution in [-0.4, -0.2) is 9.55 Å². The topological polar surface area (TPSA) is 17.8 Å². The maximum atomic E-state index is 4.57. The molecular formula is C15H20N2. The van der Waals surface area contributed by atoms with Crippen LogP contribution in [0.4, 0.5) is 0 Å². The molecule has 0 N–H and O–H groups in total. The summed E-state index contributed by atoms with van der Waals surface area (Å²) in [6.07, 6.45) is 5.49. The van der Waals surface area contributed by atoms with Gasteiger partial charge >= 0.3 is 0 Å². The minimum atomic E-state index is 1.05. The SMILES string of the molecule is CCCCn1c(CC)cnc1-c1ccccc1. The van der Waals surface area contributed by atoms with Crippen molar-refractivity contribution in [2.45, 2.75) is 39.7 Å². The average Bonchev–Trinajstić information content (AvgIpc) is 2.80. The monoisotopic (exact) mass is 228 g/mol. The van der Waals surface area contributed by atoms with Gasteiger partial charge in [-0.05, 0) is 12.8 Å². The van der Waals surface area contributed by atoms with Crippen LogP contribution < -0.4 is 0 Å². The largest absolute Gasteiger partial charge is 0.328 e. The Labute approximate surface area is 103 Å². The van der Waals surface area contributed by atoms with Gasteiger partial charge in [0.15, 0.2) is 0 Å². The Hall–Kier alpha value is -1.57. The van der Waals surface area contributed by atoms with Gasteiger partial charge < -0.3 is 4.57 Å². The van der Waals surface area contributed by atoms with E-state index < -0.39 is 0 Å². The molecule has 0 aliphatic heterocycles. The third-order valence-corrected chi connectivity index (χ3v) is 3.07. The molecule has 0 amide bonds. The van der Waals surface area contributed by atoms with E-state index >= 15 is 0 Å². The Balaban J connectivity index is 2.36. The molecule has 1 aromatic carbocycles. The number of aryl methyl sites for hydroxylation is 1. The summed E-state index contributed by atoms with van der Waals surface area (Å²) in [6, 6.07) is 10.4. The lowest BCUT2D eigenvalue weighted by Crippen LogP contribution is -2.04. The normalized spacial score (nSPS) is 10.7. The van der Waals surface area contributed by atoms with E-state index in [0.717, 1.165) is 18.8 Å². The predicted molar refractivity (Wildman–Crippen MR) is 71.9 cm³/mol. The van der Waals surface area contributed by atoms with Crippen molar-refractivity contribution < 1.29 is 0 Å². The van der Waals surface area contributed by atoms with Crippen molar-refractivity contribution in [3.8, 4) is 11.4 Å². The van der Waals surface area contributed by atoms with Gasteiger partial charge in [0.25, 0.3) is 0 Å². The Bertz CT molecular complexity index is 457. The molecule has 1 aromatic heterocycles. The van der Waals surface area contributed by atoms with Crippen molar-refractivity contribution in [3.05, 3.63) is 42.2 Å². The second-order valence-electron chi connectivity index (χ2n) is 4.30. The van der Waals surface area contributed by atoms with Crippen molar-refractivity contribution >= 4 is 0 Å². The third-order valence-electron chi connectivity index (χ3n) is 3.07. The number of unbranched alkanes of at least 4 members (excludes halogenated alkanes) is 1. The van der Waals surface area contributed by atoms with E-state index in [1.165, 1.54) is 24.1 Å². The van der Waals surface area contributed by atoms with Gasteiger partial charge in [0.2, 0.25) is 0 Å². The number of aromatic nitrogens is 2. The molecule has 0 fully saturated rings. The molecule has 0 atom stereocenters. The van der Waals surface area contributed by atoms with Gasteiger partial charge in [-0.25, -0.2) is 4.98 Å². The zero-order valence-electron chi connectivity index (χ0n) is 10.7. The molecular weight excluding hydrogens is 208 g/mol. The van der Waals surface area contributed by atoms with Crippen LogP contribution in [-0.2, 0) is 13.0 Å². The number of rotatable bonds is 5. The molecule has 2 nitrogen and oxygen atoms in total. The maximum Gasteiger partial charge on any atom is 0.140 e. The number of benzene rings is 1. The predicted octanol–water partition coefficient (Wildman–Crippen LogP) is 3.91. The lowest BCUT2D eigenvalue weighted by atomic mass is 10.2. The molecule has 0 radical (unpaired) electrons. The van der Waals surface area contributed by atoms with Crippen LogP contribution in [0.15, 0.2) is 36.5 Å². The van der Waals surface area contributed by atoms with E-state index in [9.17, 15) is 0 Å². The van der Waals surface area contributed by atoms with Crippen LogP contribution in [0.5, 0.6) is 0 Å². The van der Waals surface area contributed by atoms with Crippen LogP contribution >= 0.6 is 0 Å². The lowest BCUT2D eigenvalue weighted by Gasteiger charge is -2.10. The van der Waals surface area contributed by atoms with Crippen molar-refractivity contribution in [1.29, 1.82) is 0 Å². The fraction of sp³-hybridized carbons (Fsp3) is 0.400. The summed E-state index contributed by atoms with van der Waals surface area (Å²) in [5, 5.41) is 0. The summed E-state index contributed by atoms with van der Waals surface area (Å²) >= 11 is 0. The van der Waals surface area contributed by atoms with E-state index in [0.29, 0.717) is 0 Å². The van der Waals surface area contributed by atoms with E-state index in [1.54, 1.807) is 0 Å². The fourth-order valence-corrected chi connectivity index (χ4v) is 2.08. The highest BCUT2D eigenvalue weighted by Crippen LogP contribution is 2.20. The number of nitrogens with zero attached hydrogens (tertiary/aromatic N) is 2. The van der Waals surface area contributed by atoms with E-state index in [1.807, 2.05) is 12.3 Å². The van der Waals surface area contributed by atoms with Crippen molar-refractivity contribution in [2.75, 3.05) is 0 Å². The fourth-order valence-electron chi connectivity index (χ4n) is 2.08. The zero-order chi connectivity index (χ0) is 12.1. The van der Waals surface area contributed by atoms with Crippen molar-refractivity contribution in [2.24, 2.45) is 0 Å². The standard InChI is InChI=1S/C15H20N2/c1-3-5-11-17-14(4-2)12-16-15(17)13-9-7-6-8-10-13/h6-10,12H,3-5,11H2,1-2H3. The molecule has 1 heterocycles. The highest BCUT2D eigenvalue weighted by molar-refractivity contribution is 5.55. The second kappa shape index (κ2) is 5.67. The number of hydrogen-bond donors (Lipinski definition) is 0. The Morgan fingerprint density at radius 1 is 1.12 bits per heavy atom. The minimum Gasteiger partial charge on any atom is -0.328 e. The number of hydrogen-bond acceptors (Lipinski definition) is 1. The Morgan fingerprint density at radius 2 is 1.88 bits per heavy atom. The van der Waals surface area contributed by atoms with Gasteiger partial charge in [-0.3, -0.25) is 0 Å². The molecule has 0 unspecified atom stereocenters. The van der Waals surface area contributed by atoms with E-state index in [2.05, 4.69) is 47.7 Å². The highest BCUT2D eigenvalue weighted by Gasteiger charge is 2.09. The summed E-state index contributed by atoms with van der Waals surface area (Å²) in [4.78, 5) is 4.57. The lowest BCUT2D eigenvalue weighted by molar-refractivity contribution is 0.616. The molecule has 0 spiro atoms. The van der Waals surface area contributed by atoms with Gasteiger partial charge in [0.05, 0.1) is 0 Å². The van der Waals surface area contributed by atoms with Crippen LogP contribution in [0.2, 0.25) is 0 Å². The van der Waals surface area contributed by atoms with Gasteiger partial charge in [0.1, 0.15) is 5.82 Å². The molecule has 2 rings (SSSR count). The van der Waals surface area contributed by atoms with Crippen LogP contribution in [0.25, 0.3) is 11.4 Å². The maximum absolute atomic E-state index is 4.57. The molecule has 2 heteroatoms. The van der Waals surface area contributed by atoms with E-state index in [-0.39, 0.29) is 0 Å². The van der Waals surface area contributed by atoms with Crippen molar-refractivity contribution in [3.63, 3.8) is 0 Å². The van der Waals surface area contributed by atoms with E-state index in [4.69, 9.17) is 0 Å². The minimum absolute atomic E-state index is 1.05. The Morgan fingerprint density at radius 3 is 2.53 bits per heavy atom. The zero-order valence-corrected chi connectivity index (χ0v) is 10.7. The quantitative estimate of drug-likeness (QED) is 0.758. The molecule has 90 valence electrons. The van der Waals surface area contributed by atoms with Gasteiger partial charge in [-0.15, -0.1) is 0 Å². The van der Waals surface area contributed by atoms with Gasteiger partial charge in [0, 0.05) is 24.0 Å². The van der Waals surface area contributed by atoms with Crippen LogP contribution in [0.3, 0.4) is 0 Å². The smallest absolute Gasteiger partial charge is 0.140 e. The average molecular weight is 228 g/mol. The Kier molecular flexibility index (Phi) is 3.97. The summed E-state index contributed by atoms with van der Waals surface area (Å²) in [5.41, 5.74) is 2.54. The molecule has 0 aliphatic rings. The molecule has 2 aromatic rings. The summed E-state index contributed by atoms with van der Waals surface area (Å²) in [5.74, 6) is 1.11. The first-order valence-electron chi connectivity index (χ1n) is 6.46. The summed E-state index contributed by atoms with van der Waals surface area (Å²) < 4.78 is 2.36. The highest BCUT2D eigenvalue weighted by atomic mass is 15.1. The second-order valence-corrected chi connectivity index (χ2v) is 4.30. The summed E-state index contributed by atoms with van der Waals surface area (Å²) in [6.45, 7) is 5.49. The molecule has 0 saturated heterocycles. The first-order valence-corrected chi connectivity index (χ1v) is 6.46. The van der Waals surface area contributed by atoms with Crippen LogP contribution in [0, 0.1) is 0 Å². The summed E-state index contributed by atoms with van der Waals surface area (Å²) in [7, 11) is 0. The first kappa shape index (κ1) is 11.9. The first-order chi connectivity index (χ1) is 8.36. The third kappa shape index (κ3) is 2.57. The van der Waals surface area contributed by atoms with Crippen LogP contribution in [0.1, 0.15) is 32.4 Å². The molecule has 0 aliphatic carbocycles. The molecule has 0 bridgehead atoms. The van der Waals surface area contributed by atoms with Gasteiger partial charge in [-0.1, -0.05) is 50.6 Å². The van der Waals surface area contributed by atoms with Crippen molar-refractivity contribution in [1.82, 2.24) is 9.55 Å². The number of imidazole rings is 1. The molecule has 17 heavy (non-hydrogen) atoms. The van der Waals surface area contributed by atoms with Gasteiger partial charge in [-0.2, -0.15) is 0 Å². The molecule has 0 saturated carbocycles.